The Morgan fingerprint density at radius 2 is 2.21 bits per heavy atom. The number of phosphoric ester groups is 1. The first-order valence-electron chi connectivity index (χ1n) is 10.3. The molecular weight excluding hydrogens is 453 g/mol. The molecule has 1 aliphatic heterocycles. The number of aromatic amines is 1. The molecule has 2 atom stereocenters. The van der Waals surface area contributed by atoms with E-state index in [9.17, 15) is 14.2 Å². The van der Waals surface area contributed by atoms with Gasteiger partial charge in [-0.1, -0.05) is 18.2 Å². The Bertz CT molecular complexity index is 1290. The van der Waals surface area contributed by atoms with Gasteiger partial charge < -0.3 is 19.6 Å². The van der Waals surface area contributed by atoms with Gasteiger partial charge in [0.1, 0.15) is 5.75 Å². The van der Waals surface area contributed by atoms with Gasteiger partial charge in [0.15, 0.2) is 11.2 Å². The number of phosphoric acid groups is 1. The number of hydrogen-bond acceptors (Lipinski definition) is 10. The van der Waals surface area contributed by atoms with Crippen molar-refractivity contribution < 1.29 is 27.7 Å². The van der Waals surface area contributed by atoms with Crippen LogP contribution in [0.15, 0.2) is 29.3 Å². The van der Waals surface area contributed by atoms with Crippen LogP contribution in [0.5, 0.6) is 5.75 Å². The monoisotopic (exact) mass is 477 g/mol. The van der Waals surface area contributed by atoms with Crippen molar-refractivity contribution in [1.82, 2.24) is 19.5 Å². The highest BCUT2D eigenvalue weighted by Gasteiger charge is 2.35. The Hall–Kier alpha value is -3.21. The number of anilines is 1. The number of carbonyl (C=O) groups is 1. The number of esters is 1. The number of H-pyrrole nitrogens is 1. The number of nitrogens with one attached hydrogen (secondary N) is 1. The van der Waals surface area contributed by atoms with E-state index in [4.69, 9.17) is 24.0 Å². The number of rotatable bonds is 8. The number of carbonyl (C=O) groups excluding carboxylic acids is 1. The number of nitrogens with two attached hydrogens (primary N) is 1. The van der Waals surface area contributed by atoms with Crippen LogP contribution in [0.2, 0.25) is 0 Å². The molecule has 0 fully saturated rings. The van der Waals surface area contributed by atoms with Crippen molar-refractivity contribution in [3.63, 3.8) is 0 Å². The first-order chi connectivity index (χ1) is 15.7. The molecule has 3 heterocycles. The number of hydrogen-bond donors (Lipinski definition) is 2. The van der Waals surface area contributed by atoms with E-state index in [1.807, 2.05) is 25.1 Å². The lowest BCUT2D eigenvalue weighted by atomic mass is 10.1. The number of para-hydroxylation sites is 1. The van der Waals surface area contributed by atoms with E-state index < -0.39 is 19.4 Å². The second-order valence-corrected chi connectivity index (χ2v) is 9.28. The van der Waals surface area contributed by atoms with Crippen LogP contribution in [-0.4, -0.2) is 38.7 Å². The molecule has 13 heteroatoms. The van der Waals surface area contributed by atoms with Gasteiger partial charge in [-0.25, -0.2) is 9.55 Å². The highest BCUT2D eigenvalue weighted by atomic mass is 31.2. The highest BCUT2D eigenvalue weighted by molar-refractivity contribution is 7.49. The smallest absolute Gasteiger partial charge is 0.465 e. The average molecular weight is 477 g/mol. The molecular formula is C20H24N5O7P. The molecule has 0 amide bonds. The van der Waals surface area contributed by atoms with E-state index in [0.717, 1.165) is 11.1 Å². The molecule has 0 spiro atoms. The molecule has 3 aromatic rings. The maximum atomic E-state index is 13.0. The maximum Gasteiger partial charge on any atom is 0.530 e. The molecule has 1 aliphatic rings. The molecule has 12 nitrogen and oxygen atoms in total. The Morgan fingerprint density at radius 1 is 1.39 bits per heavy atom. The summed E-state index contributed by atoms with van der Waals surface area (Å²) in [6, 6.07) is 5.54. The summed E-state index contributed by atoms with van der Waals surface area (Å²) in [6.07, 6.45) is 1.91. The zero-order valence-electron chi connectivity index (χ0n) is 18.1. The third-order valence-electron chi connectivity index (χ3n) is 5.14. The lowest BCUT2D eigenvalue weighted by Gasteiger charge is -2.27. The molecule has 3 N–H and O–H groups in total. The van der Waals surface area contributed by atoms with Crippen LogP contribution in [0.25, 0.3) is 11.2 Å². The van der Waals surface area contributed by atoms with Crippen molar-refractivity contribution in [2.75, 3.05) is 18.9 Å². The molecule has 0 saturated carbocycles. The quantitative estimate of drug-likeness (QED) is 0.364. The van der Waals surface area contributed by atoms with Gasteiger partial charge in [0.25, 0.3) is 5.56 Å². The Kier molecular flexibility index (Phi) is 6.50. The van der Waals surface area contributed by atoms with Gasteiger partial charge >= 0.3 is 13.8 Å². The molecule has 2 unspecified atom stereocenters. The Balaban J connectivity index is 1.45. The van der Waals surface area contributed by atoms with Crippen LogP contribution in [0, 0.1) is 12.8 Å². The zero-order chi connectivity index (χ0) is 23.6. The number of aromatic nitrogens is 4. The predicted octanol–water partition coefficient (Wildman–Crippen LogP) is 2.31. The van der Waals surface area contributed by atoms with Crippen LogP contribution >= 0.6 is 7.82 Å². The van der Waals surface area contributed by atoms with Gasteiger partial charge in [-0.05, 0) is 18.9 Å². The van der Waals surface area contributed by atoms with Crippen LogP contribution in [0.1, 0.15) is 24.5 Å². The van der Waals surface area contributed by atoms with E-state index in [1.54, 1.807) is 4.57 Å². The third kappa shape index (κ3) is 5.24. The Morgan fingerprint density at radius 3 is 3.00 bits per heavy atom. The molecule has 0 aliphatic carbocycles. The SMILES string of the molecule is CC(=O)OCC(CCn1cnc2c(=O)[nH]c(N)nc21)COP1(=O)OCc2cccc(C)c2O1. The average Bonchev–Trinajstić information content (AvgIpc) is 3.17. The number of ether oxygens (including phenoxy) is 1. The van der Waals surface area contributed by atoms with Crippen molar-refractivity contribution in [3.8, 4) is 5.75 Å². The maximum absolute atomic E-state index is 13.0. The van der Waals surface area contributed by atoms with Gasteiger partial charge in [-0.15, -0.1) is 0 Å². The lowest BCUT2D eigenvalue weighted by molar-refractivity contribution is -0.142. The largest absolute Gasteiger partial charge is 0.530 e. The fourth-order valence-corrected chi connectivity index (χ4v) is 4.77. The summed E-state index contributed by atoms with van der Waals surface area (Å²) in [4.78, 5) is 33.9. The van der Waals surface area contributed by atoms with Crippen molar-refractivity contribution in [1.29, 1.82) is 0 Å². The van der Waals surface area contributed by atoms with Crippen LogP contribution in [0.4, 0.5) is 5.95 Å². The molecule has 1 aromatic carbocycles. The summed E-state index contributed by atoms with van der Waals surface area (Å²) in [5, 5.41) is 0. The molecule has 4 rings (SSSR count). The van der Waals surface area contributed by atoms with Gasteiger partial charge in [0.05, 0.1) is 26.1 Å². The number of nitrogen functional groups attached to an aromatic ring is 1. The third-order valence-corrected chi connectivity index (χ3v) is 6.45. The first-order valence-corrected chi connectivity index (χ1v) is 11.7. The Labute approximate surface area is 188 Å². The summed E-state index contributed by atoms with van der Waals surface area (Å²) < 4.78 is 36.4. The minimum Gasteiger partial charge on any atom is -0.465 e. The minimum atomic E-state index is -3.84. The van der Waals surface area contributed by atoms with E-state index >= 15 is 0 Å². The summed E-state index contributed by atoms with van der Waals surface area (Å²) in [7, 11) is -3.84. The van der Waals surface area contributed by atoms with Gasteiger partial charge in [-0.3, -0.25) is 23.6 Å². The molecule has 176 valence electrons. The number of aryl methyl sites for hydroxylation is 2. The molecule has 0 bridgehead atoms. The summed E-state index contributed by atoms with van der Waals surface area (Å²) in [5.74, 6) is -0.325. The minimum absolute atomic E-state index is 0.0192. The fraction of sp³-hybridized carbons (Fsp3) is 0.400. The van der Waals surface area contributed by atoms with Crippen LogP contribution < -0.4 is 15.8 Å². The first kappa shape index (κ1) is 23.0. The predicted molar refractivity (Wildman–Crippen MR) is 117 cm³/mol. The number of fused-ring (bicyclic) bond motifs is 2. The molecule has 2 aromatic heterocycles. The van der Waals surface area contributed by atoms with Crippen molar-refractivity contribution in [2.24, 2.45) is 5.92 Å². The molecule has 33 heavy (non-hydrogen) atoms. The normalized spacial score (nSPS) is 18.5. The fourth-order valence-electron chi connectivity index (χ4n) is 3.41. The van der Waals surface area contributed by atoms with Gasteiger partial charge in [0.2, 0.25) is 5.95 Å². The number of nitrogens with zero attached hydrogens (tertiary/aromatic N) is 3. The van der Waals surface area contributed by atoms with Gasteiger partial charge in [0, 0.05) is 24.9 Å². The summed E-state index contributed by atoms with van der Waals surface area (Å²) >= 11 is 0. The van der Waals surface area contributed by atoms with Crippen molar-refractivity contribution in [3.05, 3.63) is 46.0 Å². The second kappa shape index (κ2) is 9.34. The van der Waals surface area contributed by atoms with E-state index in [-0.39, 0.29) is 37.2 Å². The topological polar surface area (TPSA) is 161 Å². The van der Waals surface area contributed by atoms with E-state index in [2.05, 4.69) is 15.0 Å². The summed E-state index contributed by atoms with van der Waals surface area (Å²) in [6.45, 7) is 3.61. The molecule has 0 radical (unpaired) electrons. The number of benzene rings is 1. The van der Waals surface area contributed by atoms with Crippen molar-refractivity contribution >= 4 is 30.9 Å². The summed E-state index contributed by atoms with van der Waals surface area (Å²) in [5.41, 5.74) is 7.31. The second-order valence-electron chi connectivity index (χ2n) is 7.69. The molecule has 0 saturated heterocycles. The zero-order valence-corrected chi connectivity index (χ0v) is 19.0. The highest BCUT2D eigenvalue weighted by Crippen LogP contribution is 2.55. The lowest BCUT2D eigenvalue weighted by Crippen LogP contribution is -2.21. The number of imidazole rings is 1. The van der Waals surface area contributed by atoms with Gasteiger partial charge in [-0.2, -0.15) is 4.98 Å². The van der Waals surface area contributed by atoms with Crippen LogP contribution in [0.3, 0.4) is 0 Å². The van der Waals surface area contributed by atoms with E-state index in [1.165, 1.54) is 13.3 Å². The van der Waals surface area contributed by atoms with E-state index in [0.29, 0.717) is 24.4 Å². The van der Waals surface area contributed by atoms with Crippen LogP contribution in [-0.2, 0) is 36.3 Å². The standard InChI is InChI=1S/C20H24N5O7P/c1-12-4-3-5-15-10-31-33(28,32-17(12)15)30-9-14(8-29-13(2)26)6-7-25-11-22-16-18(25)23-20(21)24-19(16)27/h3-5,11,14H,6-10H2,1-2H3,(H3,21,23,24,27). The van der Waals surface area contributed by atoms with Crippen molar-refractivity contribution in [2.45, 2.75) is 33.4 Å².